The molecule has 0 saturated carbocycles. The fourth-order valence-electron chi connectivity index (χ4n) is 1.82. The molecule has 2 heteroatoms. The Morgan fingerprint density at radius 1 is 1.42 bits per heavy atom. The quantitative estimate of drug-likeness (QED) is 0.677. The summed E-state index contributed by atoms with van der Waals surface area (Å²) >= 11 is 0. The molecule has 1 unspecified atom stereocenters. The molecule has 1 aromatic carbocycles. The first-order valence-electron chi connectivity index (χ1n) is 4.11. The highest BCUT2D eigenvalue weighted by Crippen LogP contribution is 2.33. The van der Waals surface area contributed by atoms with E-state index in [4.69, 9.17) is 4.74 Å². The van der Waals surface area contributed by atoms with Gasteiger partial charge in [-0.15, -0.1) is 0 Å². The zero-order chi connectivity index (χ0) is 8.55. The van der Waals surface area contributed by atoms with Gasteiger partial charge in [-0.3, -0.25) is 0 Å². The molecule has 1 aliphatic rings. The van der Waals surface area contributed by atoms with Crippen molar-refractivity contribution < 1.29 is 9.84 Å². The second-order valence-electron chi connectivity index (χ2n) is 3.13. The van der Waals surface area contributed by atoms with Crippen molar-refractivity contribution in [3.05, 3.63) is 35.4 Å². The van der Waals surface area contributed by atoms with Crippen molar-refractivity contribution in [1.29, 1.82) is 0 Å². The Labute approximate surface area is 71.8 Å². The largest absolute Gasteiger partial charge is 0.390 e. The molecule has 0 bridgehead atoms. The molecular weight excluding hydrogens is 152 g/mol. The Balaban J connectivity index is 2.40. The molecule has 2 rings (SSSR count). The minimum absolute atomic E-state index is 0.124. The van der Waals surface area contributed by atoms with Crippen LogP contribution in [0.4, 0.5) is 0 Å². The van der Waals surface area contributed by atoms with E-state index < -0.39 is 0 Å². The highest BCUT2D eigenvalue weighted by Gasteiger charge is 2.30. The highest BCUT2D eigenvalue weighted by atomic mass is 16.5. The molecule has 0 aliphatic heterocycles. The van der Waals surface area contributed by atoms with E-state index in [-0.39, 0.29) is 12.2 Å². The Hall–Kier alpha value is -0.860. The van der Waals surface area contributed by atoms with Gasteiger partial charge in [-0.05, 0) is 11.1 Å². The van der Waals surface area contributed by atoms with Crippen molar-refractivity contribution in [2.45, 2.75) is 18.6 Å². The maximum Gasteiger partial charge on any atom is 0.109 e. The number of methoxy groups -OCH3 is 1. The summed E-state index contributed by atoms with van der Waals surface area (Å²) < 4.78 is 5.20. The minimum Gasteiger partial charge on any atom is -0.390 e. The van der Waals surface area contributed by atoms with E-state index >= 15 is 0 Å². The lowest BCUT2D eigenvalue weighted by Crippen LogP contribution is -2.14. The molecule has 0 aromatic heterocycles. The van der Waals surface area contributed by atoms with Crippen LogP contribution in [-0.4, -0.2) is 18.3 Å². The summed E-state index contributed by atoms with van der Waals surface area (Å²) in [6.45, 7) is 0. The summed E-state index contributed by atoms with van der Waals surface area (Å²) in [6.07, 6.45) is 0.225. The van der Waals surface area contributed by atoms with Gasteiger partial charge in [0.2, 0.25) is 0 Å². The molecule has 64 valence electrons. The van der Waals surface area contributed by atoms with Gasteiger partial charge in [-0.2, -0.15) is 0 Å². The van der Waals surface area contributed by atoms with Gasteiger partial charge in [-0.25, -0.2) is 0 Å². The lowest BCUT2D eigenvalue weighted by atomic mass is 10.1. The van der Waals surface area contributed by atoms with E-state index in [9.17, 15) is 5.11 Å². The van der Waals surface area contributed by atoms with Crippen molar-refractivity contribution >= 4 is 0 Å². The summed E-state index contributed by atoms with van der Waals surface area (Å²) in [4.78, 5) is 0. The van der Waals surface area contributed by atoms with Crippen LogP contribution in [0.5, 0.6) is 0 Å². The maximum absolute atomic E-state index is 9.59. The summed E-state index contributed by atoms with van der Waals surface area (Å²) in [6, 6.07) is 8.02. The molecule has 0 amide bonds. The number of fused-ring (bicyclic) bond motifs is 1. The molecule has 1 N–H and O–H groups in total. The van der Waals surface area contributed by atoms with E-state index in [2.05, 4.69) is 0 Å². The minimum atomic E-state index is -0.368. The van der Waals surface area contributed by atoms with Gasteiger partial charge in [0.25, 0.3) is 0 Å². The van der Waals surface area contributed by atoms with Gasteiger partial charge in [-0.1, -0.05) is 24.3 Å². The van der Waals surface area contributed by atoms with Crippen LogP contribution in [0, 0.1) is 0 Å². The molecule has 2 nitrogen and oxygen atoms in total. The van der Waals surface area contributed by atoms with Gasteiger partial charge < -0.3 is 9.84 Å². The Bertz CT molecular complexity index is 283. The first-order chi connectivity index (χ1) is 5.83. The van der Waals surface area contributed by atoms with Crippen molar-refractivity contribution in [3.8, 4) is 0 Å². The second kappa shape index (κ2) is 2.88. The Kier molecular flexibility index (Phi) is 1.87. The van der Waals surface area contributed by atoms with Crippen LogP contribution in [-0.2, 0) is 11.2 Å². The van der Waals surface area contributed by atoms with Gasteiger partial charge in [0.15, 0.2) is 0 Å². The van der Waals surface area contributed by atoms with Crippen LogP contribution in [0.2, 0.25) is 0 Å². The fraction of sp³-hybridized carbons (Fsp3) is 0.400. The molecule has 0 fully saturated rings. The lowest BCUT2D eigenvalue weighted by Gasteiger charge is -2.12. The average Bonchev–Trinajstić information content (AvgIpc) is 2.40. The third-order valence-corrected chi connectivity index (χ3v) is 2.39. The number of aliphatic hydroxyl groups is 1. The zero-order valence-corrected chi connectivity index (χ0v) is 7.03. The maximum atomic E-state index is 9.59. The average molecular weight is 164 g/mol. The second-order valence-corrected chi connectivity index (χ2v) is 3.13. The van der Waals surface area contributed by atoms with Crippen molar-refractivity contribution in [2.24, 2.45) is 0 Å². The van der Waals surface area contributed by atoms with E-state index in [0.29, 0.717) is 6.42 Å². The standard InChI is InChI=1S/C10H12O2/c1-12-10-8-5-3-2-4-7(8)6-9(10)11/h2-5,9-11H,6H2,1H3/t9-,10?/m1/s1. The number of benzene rings is 1. The molecule has 0 saturated heterocycles. The van der Waals surface area contributed by atoms with Gasteiger partial charge >= 0.3 is 0 Å². The van der Waals surface area contributed by atoms with Crippen LogP contribution in [0.15, 0.2) is 24.3 Å². The van der Waals surface area contributed by atoms with Crippen molar-refractivity contribution in [1.82, 2.24) is 0 Å². The third kappa shape index (κ3) is 1.04. The van der Waals surface area contributed by atoms with E-state index in [1.54, 1.807) is 7.11 Å². The summed E-state index contributed by atoms with van der Waals surface area (Å²) in [5.41, 5.74) is 2.34. The number of aliphatic hydroxyl groups excluding tert-OH is 1. The number of hydrogen-bond acceptors (Lipinski definition) is 2. The smallest absolute Gasteiger partial charge is 0.109 e. The zero-order valence-electron chi connectivity index (χ0n) is 7.03. The van der Waals surface area contributed by atoms with Crippen LogP contribution in [0.25, 0.3) is 0 Å². The summed E-state index contributed by atoms with van der Waals surface area (Å²) in [5.74, 6) is 0. The van der Waals surface area contributed by atoms with E-state index in [1.807, 2.05) is 24.3 Å². The Morgan fingerprint density at radius 2 is 2.17 bits per heavy atom. The van der Waals surface area contributed by atoms with Gasteiger partial charge in [0.1, 0.15) is 6.10 Å². The van der Waals surface area contributed by atoms with Crippen LogP contribution in [0.1, 0.15) is 17.2 Å². The molecule has 0 radical (unpaired) electrons. The van der Waals surface area contributed by atoms with Crippen molar-refractivity contribution in [2.75, 3.05) is 7.11 Å². The molecule has 0 spiro atoms. The topological polar surface area (TPSA) is 29.5 Å². The molecule has 1 aromatic rings. The van der Waals surface area contributed by atoms with Gasteiger partial charge in [0.05, 0.1) is 6.10 Å². The van der Waals surface area contributed by atoms with Crippen LogP contribution < -0.4 is 0 Å². The van der Waals surface area contributed by atoms with E-state index in [0.717, 1.165) is 5.56 Å². The van der Waals surface area contributed by atoms with Gasteiger partial charge in [0, 0.05) is 13.5 Å². The molecule has 2 atom stereocenters. The third-order valence-electron chi connectivity index (χ3n) is 2.39. The summed E-state index contributed by atoms with van der Waals surface area (Å²) in [5, 5.41) is 9.59. The number of hydrogen-bond donors (Lipinski definition) is 1. The number of rotatable bonds is 1. The van der Waals surface area contributed by atoms with E-state index in [1.165, 1.54) is 5.56 Å². The lowest BCUT2D eigenvalue weighted by molar-refractivity contribution is -0.000807. The first-order valence-corrected chi connectivity index (χ1v) is 4.11. The highest BCUT2D eigenvalue weighted by molar-refractivity contribution is 5.35. The molecular formula is C10H12O2. The SMILES string of the molecule is COC1c2ccccc2C[C@H]1O. The van der Waals surface area contributed by atoms with Crippen molar-refractivity contribution in [3.63, 3.8) is 0 Å². The van der Waals surface area contributed by atoms with Crippen LogP contribution >= 0.6 is 0 Å². The predicted molar refractivity (Wildman–Crippen MR) is 45.9 cm³/mol. The molecule has 12 heavy (non-hydrogen) atoms. The number of ether oxygens (including phenoxy) is 1. The monoisotopic (exact) mass is 164 g/mol. The fourth-order valence-corrected chi connectivity index (χ4v) is 1.82. The van der Waals surface area contributed by atoms with Crippen LogP contribution in [0.3, 0.4) is 0 Å². The summed E-state index contributed by atoms with van der Waals surface area (Å²) in [7, 11) is 1.63. The Morgan fingerprint density at radius 3 is 2.92 bits per heavy atom. The first kappa shape index (κ1) is 7.77. The predicted octanol–water partition coefficient (Wildman–Crippen LogP) is 1.29. The molecule has 0 heterocycles. The molecule has 1 aliphatic carbocycles. The normalized spacial score (nSPS) is 27.2.